The Labute approximate surface area is 146 Å². The van der Waals surface area contributed by atoms with Crippen molar-refractivity contribution in [3.8, 4) is 5.75 Å². The second-order valence-electron chi connectivity index (χ2n) is 5.54. The maximum Gasteiger partial charge on any atom is 0.273 e. The third-order valence-corrected chi connectivity index (χ3v) is 3.50. The van der Waals surface area contributed by atoms with Gasteiger partial charge in [-0.15, -0.1) is 0 Å². The highest BCUT2D eigenvalue weighted by molar-refractivity contribution is 5.93. The molecule has 0 heterocycles. The molecule has 0 unspecified atom stereocenters. The van der Waals surface area contributed by atoms with Gasteiger partial charge < -0.3 is 10.1 Å². The molecule has 0 atom stereocenters. The molecule has 2 rings (SSSR count). The van der Waals surface area contributed by atoms with E-state index in [2.05, 4.69) is 5.32 Å². The van der Waals surface area contributed by atoms with Crippen molar-refractivity contribution in [2.24, 2.45) is 0 Å². The molecule has 132 valence electrons. The van der Waals surface area contributed by atoms with Crippen molar-refractivity contribution in [1.29, 1.82) is 0 Å². The van der Waals surface area contributed by atoms with Crippen molar-refractivity contribution in [2.45, 2.75) is 13.5 Å². The predicted octanol–water partition coefficient (Wildman–Crippen LogP) is 3.06. The first-order chi connectivity index (χ1) is 12.0. The Kier molecular flexibility index (Phi) is 6.47. The number of carbonyl (C=O) groups excluding carboxylic acids is 1. The Hall–Kier alpha value is -2.93. The number of nitrogens with zero attached hydrogens (tertiary/aromatic N) is 2. The van der Waals surface area contributed by atoms with Gasteiger partial charge in [0, 0.05) is 18.2 Å². The molecule has 0 fully saturated rings. The molecule has 0 bridgehead atoms. The van der Waals surface area contributed by atoms with E-state index in [-0.39, 0.29) is 18.1 Å². The smallest absolute Gasteiger partial charge is 0.273 e. The van der Waals surface area contributed by atoms with Gasteiger partial charge in [-0.25, -0.2) is 0 Å². The Morgan fingerprint density at radius 1 is 1.20 bits per heavy atom. The number of ether oxygens (including phenoxy) is 1. The topological polar surface area (TPSA) is 84.7 Å². The van der Waals surface area contributed by atoms with Crippen molar-refractivity contribution in [3.63, 3.8) is 0 Å². The molecule has 0 aromatic heterocycles. The van der Waals surface area contributed by atoms with E-state index < -0.39 is 4.92 Å². The first kappa shape index (κ1) is 18.4. The summed E-state index contributed by atoms with van der Waals surface area (Å²) >= 11 is 0. The number of amides is 1. The van der Waals surface area contributed by atoms with Crippen molar-refractivity contribution < 1.29 is 14.5 Å². The molecule has 0 radical (unpaired) electrons. The second kappa shape index (κ2) is 8.79. The molecule has 0 spiro atoms. The van der Waals surface area contributed by atoms with Crippen LogP contribution >= 0.6 is 0 Å². The lowest BCUT2D eigenvalue weighted by molar-refractivity contribution is -0.385. The van der Waals surface area contributed by atoms with E-state index in [1.807, 2.05) is 19.1 Å². The summed E-state index contributed by atoms with van der Waals surface area (Å²) < 4.78 is 5.48. The summed E-state index contributed by atoms with van der Waals surface area (Å²) in [6.45, 7) is 2.79. The fraction of sp³-hybridized carbons (Fsp3) is 0.278. The number of rotatable bonds is 8. The lowest BCUT2D eigenvalue weighted by Crippen LogP contribution is -2.30. The van der Waals surface area contributed by atoms with Crippen LogP contribution < -0.4 is 10.1 Å². The second-order valence-corrected chi connectivity index (χ2v) is 5.54. The molecule has 0 aliphatic carbocycles. The molecule has 1 N–H and O–H groups in total. The van der Waals surface area contributed by atoms with Crippen molar-refractivity contribution in [1.82, 2.24) is 4.90 Å². The number of likely N-dealkylation sites (N-methyl/N-ethyl adjacent to an activating group) is 1. The van der Waals surface area contributed by atoms with Gasteiger partial charge in [-0.2, -0.15) is 0 Å². The Morgan fingerprint density at radius 2 is 1.88 bits per heavy atom. The van der Waals surface area contributed by atoms with E-state index in [9.17, 15) is 14.9 Å². The highest BCUT2D eigenvalue weighted by Crippen LogP contribution is 2.23. The summed E-state index contributed by atoms with van der Waals surface area (Å²) in [5.74, 6) is 0.396. The van der Waals surface area contributed by atoms with E-state index >= 15 is 0 Å². The van der Waals surface area contributed by atoms with E-state index in [0.29, 0.717) is 30.2 Å². The van der Waals surface area contributed by atoms with E-state index in [1.165, 1.54) is 6.07 Å². The third kappa shape index (κ3) is 5.29. The number of nitro groups is 1. The average molecular weight is 343 g/mol. The normalized spacial score (nSPS) is 10.5. The first-order valence-electron chi connectivity index (χ1n) is 7.93. The van der Waals surface area contributed by atoms with Crippen LogP contribution in [0.2, 0.25) is 0 Å². The van der Waals surface area contributed by atoms with Crippen LogP contribution in [0.3, 0.4) is 0 Å². The highest BCUT2D eigenvalue weighted by atomic mass is 16.6. The molecule has 25 heavy (non-hydrogen) atoms. The molecule has 0 saturated carbocycles. The number of carbonyl (C=O) groups is 1. The lowest BCUT2D eigenvalue weighted by Gasteiger charge is -2.17. The van der Waals surface area contributed by atoms with Crippen LogP contribution in [0.15, 0.2) is 48.5 Å². The number of hydrogen-bond acceptors (Lipinski definition) is 5. The monoisotopic (exact) mass is 343 g/mol. The summed E-state index contributed by atoms with van der Waals surface area (Å²) in [5.41, 5.74) is 1.22. The molecule has 2 aromatic rings. The molecule has 0 aliphatic rings. The van der Waals surface area contributed by atoms with Gasteiger partial charge in [-0.1, -0.05) is 30.3 Å². The number of para-hydroxylation sites is 3. The zero-order valence-corrected chi connectivity index (χ0v) is 14.3. The van der Waals surface area contributed by atoms with E-state index in [0.717, 1.165) is 0 Å². The van der Waals surface area contributed by atoms with Gasteiger partial charge in [0.05, 0.1) is 23.8 Å². The molecule has 0 saturated heterocycles. The van der Waals surface area contributed by atoms with Gasteiger partial charge in [-0.3, -0.25) is 19.8 Å². The lowest BCUT2D eigenvalue weighted by atomic mass is 10.1. The summed E-state index contributed by atoms with van der Waals surface area (Å²) in [7, 11) is 1.74. The first-order valence-corrected chi connectivity index (χ1v) is 7.93. The predicted molar refractivity (Wildman–Crippen MR) is 95.7 cm³/mol. The quantitative estimate of drug-likeness (QED) is 0.588. The summed E-state index contributed by atoms with van der Waals surface area (Å²) in [6.07, 6.45) is 0. The van der Waals surface area contributed by atoms with Crippen LogP contribution in [0.4, 0.5) is 11.4 Å². The Morgan fingerprint density at radius 3 is 2.60 bits per heavy atom. The number of hydrogen-bond donors (Lipinski definition) is 1. The summed E-state index contributed by atoms with van der Waals surface area (Å²) in [6, 6.07) is 13.7. The Balaban J connectivity index is 1.98. The maximum atomic E-state index is 12.2. The zero-order chi connectivity index (χ0) is 18.2. The summed E-state index contributed by atoms with van der Waals surface area (Å²) in [4.78, 5) is 24.6. The van der Waals surface area contributed by atoms with Crippen LogP contribution in [0.25, 0.3) is 0 Å². The van der Waals surface area contributed by atoms with Crippen molar-refractivity contribution >= 4 is 17.3 Å². The maximum absolute atomic E-state index is 12.2. The number of nitro benzene ring substituents is 1. The van der Waals surface area contributed by atoms with E-state index in [1.54, 1.807) is 42.3 Å². The van der Waals surface area contributed by atoms with Crippen molar-refractivity contribution in [2.75, 3.05) is 25.5 Å². The third-order valence-electron chi connectivity index (χ3n) is 3.50. The van der Waals surface area contributed by atoms with Gasteiger partial charge in [0.25, 0.3) is 5.69 Å². The molecule has 1 amide bonds. The minimum Gasteiger partial charge on any atom is -0.492 e. The molecular weight excluding hydrogens is 322 g/mol. The van der Waals surface area contributed by atoms with Crippen LogP contribution in [0.5, 0.6) is 5.75 Å². The molecule has 7 heteroatoms. The molecule has 7 nitrogen and oxygen atoms in total. The number of nitrogens with one attached hydrogen (secondary N) is 1. The van der Waals surface area contributed by atoms with Crippen molar-refractivity contribution in [3.05, 3.63) is 64.2 Å². The van der Waals surface area contributed by atoms with Gasteiger partial charge in [0.15, 0.2) is 0 Å². The van der Waals surface area contributed by atoms with Gasteiger partial charge in [0.1, 0.15) is 5.75 Å². The molecule has 0 aliphatic heterocycles. The minimum atomic E-state index is -0.415. The van der Waals surface area contributed by atoms with Crippen LogP contribution in [-0.4, -0.2) is 35.9 Å². The fourth-order valence-corrected chi connectivity index (χ4v) is 2.46. The Bertz CT molecular complexity index is 749. The van der Waals surface area contributed by atoms with Gasteiger partial charge in [0.2, 0.25) is 5.91 Å². The standard InChI is InChI=1S/C18H21N3O4/c1-3-25-17-11-7-5-9-15(17)19-18(22)13-20(2)12-14-8-4-6-10-16(14)21(23)24/h4-11H,3,12-13H2,1-2H3,(H,19,22). The summed E-state index contributed by atoms with van der Waals surface area (Å²) in [5, 5.41) is 13.9. The van der Waals surface area contributed by atoms with Crippen LogP contribution in [-0.2, 0) is 11.3 Å². The molecular formula is C18H21N3O4. The van der Waals surface area contributed by atoms with E-state index in [4.69, 9.17) is 4.74 Å². The number of benzene rings is 2. The fourth-order valence-electron chi connectivity index (χ4n) is 2.46. The SMILES string of the molecule is CCOc1ccccc1NC(=O)CN(C)Cc1ccccc1[N+](=O)[O-]. The minimum absolute atomic E-state index is 0.0523. The number of anilines is 1. The van der Waals surface area contributed by atoms with Gasteiger partial charge >= 0.3 is 0 Å². The van der Waals surface area contributed by atoms with Crippen LogP contribution in [0.1, 0.15) is 12.5 Å². The van der Waals surface area contributed by atoms with Gasteiger partial charge in [-0.05, 0) is 26.1 Å². The van der Waals surface area contributed by atoms with Crippen LogP contribution in [0, 0.1) is 10.1 Å². The average Bonchev–Trinajstić information content (AvgIpc) is 2.57. The zero-order valence-electron chi connectivity index (χ0n) is 14.3. The molecule has 2 aromatic carbocycles. The highest BCUT2D eigenvalue weighted by Gasteiger charge is 2.16. The largest absolute Gasteiger partial charge is 0.492 e.